The van der Waals surface area contributed by atoms with E-state index in [-0.39, 0.29) is 49.1 Å². The summed E-state index contributed by atoms with van der Waals surface area (Å²) in [6, 6.07) is 5.69. The summed E-state index contributed by atoms with van der Waals surface area (Å²) in [5, 5.41) is 15.8. The van der Waals surface area contributed by atoms with Crippen LogP contribution >= 0.6 is 0 Å². The van der Waals surface area contributed by atoms with Crippen molar-refractivity contribution in [1.29, 1.82) is 0 Å². The van der Waals surface area contributed by atoms with Gasteiger partial charge in [0.2, 0.25) is 5.91 Å². The lowest BCUT2D eigenvalue weighted by molar-refractivity contribution is -0.147. The summed E-state index contributed by atoms with van der Waals surface area (Å²) < 4.78 is 12.0. The molecule has 0 radical (unpaired) electrons. The van der Waals surface area contributed by atoms with Crippen molar-refractivity contribution >= 4 is 17.6 Å². The molecule has 0 spiro atoms. The largest absolute Gasteiger partial charge is 0.487 e. The standard InChI is InChI=1S/C22H31N3O5/c1-25(2)20(27)11-15-10-17-16-9-14(24-22(28)23-13-5-3-4-6-13)7-8-18(16)30-21(17)19(12-26)29-15/h7-9,13,15,17,19,21,26H,3-6,10-12H2,1-2H3,(H2,23,24,28)/t15-,17+,19-,21-/m1/s1. The van der Waals surface area contributed by atoms with Crippen molar-refractivity contribution in [2.24, 2.45) is 0 Å². The Hall–Kier alpha value is -2.32. The van der Waals surface area contributed by atoms with Crippen LogP contribution in [0.25, 0.3) is 0 Å². The second kappa shape index (κ2) is 8.81. The van der Waals surface area contributed by atoms with Crippen LogP contribution in [0.4, 0.5) is 10.5 Å². The van der Waals surface area contributed by atoms with E-state index >= 15 is 0 Å². The lowest BCUT2D eigenvalue weighted by Crippen LogP contribution is -2.47. The van der Waals surface area contributed by atoms with Crippen molar-refractivity contribution in [2.75, 3.05) is 26.0 Å². The second-order valence-electron chi connectivity index (χ2n) is 8.73. The first kappa shape index (κ1) is 20.9. The molecule has 0 aromatic heterocycles. The van der Waals surface area contributed by atoms with Gasteiger partial charge in [0, 0.05) is 37.3 Å². The summed E-state index contributed by atoms with van der Waals surface area (Å²) in [6.45, 7) is -0.170. The van der Waals surface area contributed by atoms with Crippen molar-refractivity contribution in [1.82, 2.24) is 10.2 Å². The van der Waals surface area contributed by atoms with Gasteiger partial charge in [0.05, 0.1) is 19.1 Å². The highest BCUT2D eigenvalue weighted by molar-refractivity contribution is 5.89. The first-order valence-electron chi connectivity index (χ1n) is 10.8. The van der Waals surface area contributed by atoms with E-state index in [0.29, 0.717) is 12.1 Å². The third-order valence-corrected chi connectivity index (χ3v) is 6.35. The zero-order valence-corrected chi connectivity index (χ0v) is 17.6. The summed E-state index contributed by atoms with van der Waals surface area (Å²) in [5.41, 5.74) is 1.70. The minimum atomic E-state index is -0.488. The number of hydrogen-bond acceptors (Lipinski definition) is 5. The predicted molar refractivity (Wildman–Crippen MR) is 112 cm³/mol. The van der Waals surface area contributed by atoms with Gasteiger partial charge in [-0.2, -0.15) is 0 Å². The van der Waals surface area contributed by atoms with Crippen LogP contribution in [0.15, 0.2) is 18.2 Å². The Balaban J connectivity index is 1.47. The number of ether oxygens (including phenoxy) is 2. The Morgan fingerprint density at radius 1 is 1.23 bits per heavy atom. The maximum absolute atomic E-state index is 12.3. The monoisotopic (exact) mass is 417 g/mol. The van der Waals surface area contributed by atoms with Gasteiger partial charge in [0.25, 0.3) is 0 Å². The zero-order chi connectivity index (χ0) is 21.3. The average molecular weight is 418 g/mol. The highest BCUT2D eigenvalue weighted by Crippen LogP contribution is 2.47. The van der Waals surface area contributed by atoms with E-state index in [0.717, 1.165) is 37.0 Å². The Bertz CT molecular complexity index is 793. The van der Waals surface area contributed by atoms with Crippen LogP contribution in [0.2, 0.25) is 0 Å². The molecule has 8 heteroatoms. The summed E-state index contributed by atoms with van der Waals surface area (Å²) in [6.07, 6.45) is 4.22. The number of anilines is 1. The maximum Gasteiger partial charge on any atom is 0.319 e. The van der Waals surface area contributed by atoms with E-state index in [1.807, 2.05) is 18.2 Å². The first-order valence-corrected chi connectivity index (χ1v) is 10.8. The van der Waals surface area contributed by atoms with E-state index in [4.69, 9.17) is 9.47 Å². The number of aliphatic hydroxyl groups is 1. The molecule has 3 N–H and O–H groups in total. The Morgan fingerprint density at radius 2 is 2.00 bits per heavy atom. The lowest BCUT2D eigenvalue weighted by Gasteiger charge is -2.37. The van der Waals surface area contributed by atoms with E-state index < -0.39 is 6.10 Å². The van der Waals surface area contributed by atoms with Crippen molar-refractivity contribution in [3.63, 3.8) is 0 Å². The van der Waals surface area contributed by atoms with Crippen LogP contribution in [0.1, 0.15) is 50.0 Å². The number of aliphatic hydroxyl groups excluding tert-OH is 1. The molecular weight excluding hydrogens is 386 g/mol. The number of nitrogens with zero attached hydrogens (tertiary/aromatic N) is 1. The van der Waals surface area contributed by atoms with Gasteiger partial charge >= 0.3 is 6.03 Å². The maximum atomic E-state index is 12.3. The van der Waals surface area contributed by atoms with Gasteiger partial charge in [0.15, 0.2) is 0 Å². The number of nitrogens with one attached hydrogen (secondary N) is 2. The van der Waals surface area contributed by atoms with Gasteiger partial charge in [-0.1, -0.05) is 12.8 Å². The third-order valence-electron chi connectivity index (χ3n) is 6.35. The van der Waals surface area contributed by atoms with Gasteiger partial charge in [-0.3, -0.25) is 4.79 Å². The van der Waals surface area contributed by atoms with Crippen LogP contribution in [0.3, 0.4) is 0 Å². The molecule has 0 unspecified atom stereocenters. The third kappa shape index (κ3) is 4.39. The minimum Gasteiger partial charge on any atom is -0.487 e. The van der Waals surface area contributed by atoms with E-state index in [2.05, 4.69) is 10.6 Å². The number of carbonyl (C=O) groups is 2. The molecule has 30 heavy (non-hydrogen) atoms. The molecule has 4 rings (SSSR count). The fourth-order valence-corrected chi connectivity index (χ4v) is 4.77. The van der Waals surface area contributed by atoms with Crippen LogP contribution in [0, 0.1) is 0 Å². The number of amides is 3. The Morgan fingerprint density at radius 3 is 2.70 bits per heavy atom. The number of benzene rings is 1. The molecule has 0 bridgehead atoms. The van der Waals surface area contributed by atoms with Crippen LogP contribution in [0.5, 0.6) is 5.75 Å². The SMILES string of the molecule is CN(C)C(=O)C[C@H]1C[C@H]2c3cc(NC(=O)NC4CCCC4)ccc3O[C@H]2[C@@H](CO)O1. The Labute approximate surface area is 176 Å². The van der Waals surface area contributed by atoms with Crippen molar-refractivity contribution in [3.05, 3.63) is 23.8 Å². The molecule has 4 atom stereocenters. The van der Waals surface area contributed by atoms with Crippen molar-refractivity contribution < 1.29 is 24.2 Å². The Kier molecular flexibility index (Phi) is 6.15. The number of rotatable bonds is 5. The molecule has 2 fully saturated rings. The van der Waals surface area contributed by atoms with Gasteiger partial charge in [0.1, 0.15) is 18.0 Å². The first-order chi connectivity index (χ1) is 14.4. The molecule has 1 aliphatic carbocycles. The van der Waals surface area contributed by atoms with Gasteiger partial charge in [-0.25, -0.2) is 4.79 Å². The number of fused-ring (bicyclic) bond motifs is 3. The van der Waals surface area contributed by atoms with Crippen molar-refractivity contribution in [2.45, 2.75) is 68.8 Å². The van der Waals surface area contributed by atoms with Gasteiger partial charge in [-0.15, -0.1) is 0 Å². The normalized spacial score (nSPS) is 27.7. The molecule has 8 nitrogen and oxygen atoms in total. The fourth-order valence-electron chi connectivity index (χ4n) is 4.77. The molecule has 3 aliphatic rings. The molecule has 2 aliphatic heterocycles. The number of urea groups is 1. The lowest BCUT2D eigenvalue weighted by atomic mass is 9.84. The fraction of sp³-hybridized carbons (Fsp3) is 0.636. The number of hydrogen-bond donors (Lipinski definition) is 3. The molecule has 164 valence electrons. The molecule has 1 saturated carbocycles. The summed E-state index contributed by atoms with van der Waals surface area (Å²) in [7, 11) is 3.44. The quantitative estimate of drug-likeness (QED) is 0.682. The molecule has 3 amide bonds. The zero-order valence-electron chi connectivity index (χ0n) is 17.6. The van der Waals surface area contributed by atoms with Crippen LogP contribution in [-0.4, -0.2) is 67.0 Å². The number of carbonyl (C=O) groups excluding carboxylic acids is 2. The molecule has 1 aromatic carbocycles. The molecular formula is C22H31N3O5. The molecule has 1 saturated heterocycles. The van der Waals surface area contributed by atoms with Crippen LogP contribution in [-0.2, 0) is 9.53 Å². The van der Waals surface area contributed by atoms with E-state index in [1.165, 1.54) is 0 Å². The highest BCUT2D eigenvalue weighted by Gasteiger charge is 2.46. The summed E-state index contributed by atoms with van der Waals surface area (Å²) in [5.74, 6) is 0.743. The molecule has 1 aromatic rings. The minimum absolute atomic E-state index is 0.00510. The van der Waals surface area contributed by atoms with Crippen molar-refractivity contribution in [3.8, 4) is 5.75 Å². The van der Waals surface area contributed by atoms with Crippen LogP contribution < -0.4 is 15.4 Å². The van der Waals surface area contributed by atoms with Gasteiger partial charge in [-0.05, 0) is 37.5 Å². The highest BCUT2D eigenvalue weighted by atomic mass is 16.6. The average Bonchev–Trinajstić information content (AvgIpc) is 3.34. The summed E-state index contributed by atoms with van der Waals surface area (Å²) in [4.78, 5) is 26.0. The van der Waals surface area contributed by atoms with Gasteiger partial charge < -0.3 is 30.1 Å². The van der Waals surface area contributed by atoms with E-state index in [9.17, 15) is 14.7 Å². The topological polar surface area (TPSA) is 100 Å². The molecule has 2 heterocycles. The second-order valence-corrected chi connectivity index (χ2v) is 8.73. The smallest absolute Gasteiger partial charge is 0.319 e. The predicted octanol–water partition coefficient (Wildman–Crippen LogP) is 2.22. The summed E-state index contributed by atoms with van der Waals surface area (Å²) >= 11 is 0. The van der Waals surface area contributed by atoms with E-state index in [1.54, 1.807) is 19.0 Å².